The lowest BCUT2D eigenvalue weighted by Crippen LogP contribution is -2.51. The van der Waals surface area contributed by atoms with Gasteiger partial charge in [0.25, 0.3) is 5.91 Å². The third-order valence-corrected chi connectivity index (χ3v) is 9.51. The maximum absolute atomic E-state index is 13.6. The molecule has 230 valence electrons. The zero-order valence-electron chi connectivity index (χ0n) is 24.5. The number of rotatable bonds is 8. The normalized spacial score (nSPS) is 28.7. The molecule has 3 atom stereocenters. The first-order valence-corrected chi connectivity index (χ1v) is 14.9. The van der Waals surface area contributed by atoms with E-state index in [0.717, 1.165) is 57.1 Å². The third kappa shape index (κ3) is 6.58. The molecular formula is C30H39F3N4O4S. The van der Waals surface area contributed by atoms with E-state index in [1.807, 2.05) is 23.6 Å². The minimum atomic E-state index is -4.74. The van der Waals surface area contributed by atoms with Gasteiger partial charge < -0.3 is 14.7 Å². The number of anilines is 1. The quantitative estimate of drug-likeness (QED) is 0.382. The number of amides is 1. The van der Waals surface area contributed by atoms with Crippen LogP contribution < -0.4 is 4.90 Å². The summed E-state index contributed by atoms with van der Waals surface area (Å²) in [4.78, 5) is 29.7. The van der Waals surface area contributed by atoms with Crippen molar-refractivity contribution in [2.24, 2.45) is 5.92 Å². The van der Waals surface area contributed by atoms with Gasteiger partial charge in [-0.2, -0.15) is 18.4 Å². The number of hydrogen-bond acceptors (Lipinski definition) is 6. The van der Waals surface area contributed by atoms with Gasteiger partial charge in [-0.3, -0.25) is 19.4 Å². The topological polar surface area (TPSA) is 97.1 Å². The van der Waals surface area contributed by atoms with E-state index in [2.05, 4.69) is 0 Å². The number of likely N-dealkylation sites (tertiary alicyclic amines) is 1. The monoisotopic (exact) mass is 608 g/mol. The average molecular weight is 609 g/mol. The summed E-state index contributed by atoms with van der Waals surface area (Å²) in [5, 5.41) is 18.5. The molecule has 1 aromatic rings. The van der Waals surface area contributed by atoms with E-state index in [1.165, 1.54) is 11.0 Å². The molecule has 42 heavy (non-hydrogen) atoms. The highest BCUT2D eigenvalue weighted by Crippen LogP contribution is 2.41. The largest absolute Gasteiger partial charge is 0.480 e. The van der Waals surface area contributed by atoms with Crippen molar-refractivity contribution in [3.63, 3.8) is 0 Å². The average Bonchev–Trinajstić information content (AvgIpc) is 3.08. The number of nitriles is 1. The number of hydrogen-bond donors (Lipinski definition) is 1. The minimum Gasteiger partial charge on any atom is -0.480 e. The summed E-state index contributed by atoms with van der Waals surface area (Å²) in [5.41, 5.74) is -2.61. The summed E-state index contributed by atoms with van der Waals surface area (Å²) in [6.45, 7) is 8.27. The summed E-state index contributed by atoms with van der Waals surface area (Å²) in [5.74, 6) is -0.746. The minimum absolute atomic E-state index is 0.00941. The van der Waals surface area contributed by atoms with Crippen LogP contribution in [-0.2, 0) is 20.5 Å². The van der Waals surface area contributed by atoms with Gasteiger partial charge >= 0.3 is 12.1 Å². The fraction of sp³-hybridized carbons (Fsp3) is 0.667. The van der Waals surface area contributed by atoms with Crippen LogP contribution in [0.25, 0.3) is 0 Å². The summed E-state index contributed by atoms with van der Waals surface area (Å²) in [6.07, 6.45) is 1.35. The second-order valence-corrected chi connectivity index (χ2v) is 12.7. The zero-order chi connectivity index (χ0) is 31.0. The maximum atomic E-state index is 13.6. The van der Waals surface area contributed by atoms with Crippen molar-refractivity contribution in [1.82, 2.24) is 9.80 Å². The second-order valence-electron chi connectivity index (χ2n) is 12.4. The van der Waals surface area contributed by atoms with Gasteiger partial charge in [-0.05, 0) is 109 Å². The first kappa shape index (κ1) is 32.2. The van der Waals surface area contributed by atoms with E-state index >= 15 is 0 Å². The molecule has 3 aliphatic rings. The molecular weight excluding hydrogens is 569 g/mol. The number of halogens is 3. The summed E-state index contributed by atoms with van der Waals surface area (Å²) in [6, 6.07) is 5.09. The van der Waals surface area contributed by atoms with E-state index in [-0.39, 0.29) is 41.6 Å². The molecule has 0 aromatic heterocycles. The number of benzene rings is 1. The van der Waals surface area contributed by atoms with Crippen LogP contribution in [0.2, 0.25) is 0 Å². The fourth-order valence-electron chi connectivity index (χ4n) is 6.91. The molecule has 12 heteroatoms. The van der Waals surface area contributed by atoms with E-state index < -0.39 is 34.7 Å². The molecule has 2 saturated heterocycles. The molecule has 8 nitrogen and oxygen atoms in total. The summed E-state index contributed by atoms with van der Waals surface area (Å²) < 4.78 is 47.1. The Balaban J connectivity index is 1.34. The van der Waals surface area contributed by atoms with Gasteiger partial charge in [-0.1, -0.05) is 0 Å². The van der Waals surface area contributed by atoms with Crippen LogP contribution in [0, 0.1) is 17.2 Å². The Hall–Kier alpha value is -2.75. The molecule has 0 radical (unpaired) electrons. The van der Waals surface area contributed by atoms with Crippen LogP contribution in [0.3, 0.4) is 0 Å². The molecule has 2 aliphatic heterocycles. The SMILES string of the molecule is C[C@@H]1CC(OCCC2CCC(N3C(=S)N(c4ccc(C#N)c(C(F)(F)F)c4)C(=O)C3(C)C)CC2)C[C@H](C)N1CC(=O)O. The van der Waals surface area contributed by atoms with Crippen LogP contribution in [0.4, 0.5) is 18.9 Å². The number of alkyl halides is 3. The standard InChI is InChI=1S/C30H39F3N4O4S/c1-18-13-24(14-19(2)35(18)17-26(38)39)41-12-11-20-5-8-22(9-6-20)37-28(42)36(27(40)29(37,3)4)23-10-7-21(16-34)25(15-23)30(31,32)33/h7,10,15,18-20,22,24H,5-6,8-9,11-14,17H2,1-4H3,(H,38,39)/t18-,19+,20?,22?,24?. The molecule has 1 N–H and O–H groups in total. The van der Waals surface area contributed by atoms with Crippen molar-refractivity contribution in [3.8, 4) is 6.07 Å². The third-order valence-electron chi connectivity index (χ3n) is 9.13. The molecule has 2 heterocycles. The van der Waals surface area contributed by atoms with Gasteiger partial charge in [0.15, 0.2) is 5.11 Å². The van der Waals surface area contributed by atoms with Crippen molar-refractivity contribution in [2.75, 3.05) is 18.1 Å². The number of aliphatic carboxylic acids is 1. The first-order chi connectivity index (χ1) is 19.6. The van der Waals surface area contributed by atoms with Gasteiger partial charge in [-0.25, -0.2) is 0 Å². The maximum Gasteiger partial charge on any atom is 0.417 e. The number of thiocarbonyl (C=S) groups is 1. The highest BCUT2D eigenvalue weighted by Gasteiger charge is 2.52. The Morgan fingerprint density at radius 3 is 2.33 bits per heavy atom. The van der Waals surface area contributed by atoms with Crippen LogP contribution >= 0.6 is 12.2 Å². The van der Waals surface area contributed by atoms with Gasteiger partial charge in [0.1, 0.15) is 5.54 Å². The Morgan fingerprint density at radius 1 is 1.17 bits per heavy atom. The predicted octanol–water partition coefficient (Wildman–Crippen LogP) is 5.58. The van der Waals surface area contributed by atoms with E-state index in [9.17, 15) is 22.8 Å². The van der Waals surface area contributed by atoms with E-state index in [0.29, 0.717) is 12.5 Å². The molecule has 1 aliphatic carbocycles. The van der Waals surface area contributed by atoms with Crippen molar-refractivity contribution in [3.05, 3.63) is 29.3 Å². The highest BCUT2D eigenvalue weighted by molar-refractivity contribution is 7.80. The molecule has 3 fully saturated rings. The number of nitrogens with zero attached hydrogens (tertiary/aromatic N) is 4. The lowest BCUT2D eigenvalue weighted by atomic mass is 9.82. The van der Waals surface area contributed by atoms with Crippen molar-refractivity contribution < 1.29 is 32.6 Å². The van der Waals surface area contributed by atoms with Gasteiger partial charge in [0.05, 0.1) is 35.5 Å². The molecule has 0 spiro atoms. The summed E-state index contributed by atoms with van der Waals surface area (Å²) in [7, 11) is 0. The van der Waals surface area contributed by atoms with Crippen molar-refractivity contribution in [1.29, 1.82) is 5.26 Å². The number of ether oxygens (including phenoxy) is 1. The number of piperidine rings is 1. The number of carboxylic acid groups (broad SMARTS) is 1. The Kier molecular flexibility index (Phi) is 9.55. The van der Waals surface area contributed by atoms with Gasteiger partial charge in [-0.15, -0.1) is 0 Å². The number of carboxylic acids is 1. The molecule has 4 rings (SSSR count). The summed E-state index contributed by atoms with van der Waals surface area (Å²) >= 11 is 5.70. The molecule has 1 aromatic carbocycles. The Bertz CT molecular complexity index is 1230. The fourth-order valence-corrected chi connectivity index (χ4v) is 7.48. The Morgan fingerprint density at radius 2 is 1.79 bits per heavy atom. The van der Waals surface area contributed by atoms with Gasteiger partial charge in [0.2, 0.25) is 0 Å². The number of carbonyl (C=O) groups is 2. The lowest BCUT2D eigenvalue weighted by molar-refractivity contribution is -0.141. The smallest absolute Gasteiger partial charge is 0.417 e. The van der Waals surface area contributed by atoms with Gasteiger partial charge in [0, 0.05) is 24.7 Å². The molecule has 1 unspecified atom stereocenters. The predicted molar refractivity (Wildman–Crippen MR) is 155 cm³/mol. The zero-order valence-corrected chi connectivity index (χ0v) is 25.3. The van der Waals surface area contributed by atoms with Crippen LogP contribution in [0.5, 0.6) is 0 Å². The van der Waals surface area contributed by atoms with Crippen molar-refractivity contribution in [2.45, 2.75) is 109 Å². The Labute approximate surface area is 250 Å². The molecule has 1 saturated carbocycles. The molecule has 0 bridgehead atoms. The first-order valence-electron chi connectivity index (χ1n) is 14.5. The van der Waals surface area contributed by atoms with Crippen LogP contribution in [-0.4, -0.2) is 74.8 Å². The lowest BCUT2D eigenvalue weighted by Gasteiger charge is -2.42. The van der Waals surface area contributed by atoms with Crippen LogP contribution in [0.1, 0.15) is 83.8 Å². The van der Waals surface area contributed by atoms with Crippen LogP contribution in [0.15, 0.2) is 18.2 Å². The highest BCUT2D eigenvalue weighted by atomic mass is 32.1. The van der Waals surface area contributed by atoms with E-state index in [1.54, 1.807) is 19.9 Å². The second kappa shape index (κ2) is 12.5. The van der Waals surface area contributed by atoms with Crippen molar-refractivity contribution >= 4 is 34.9 Å². The molecule has 1 amide bonds. The van der Waals surface area contributed by atoms with E-state index in [4.69, 9.17) is 27.3 Å². The number of carbonyl (C=O) groups excluding carboxylic acids is 1.